The van der Waals surface area contributed by atoms with Crippen molar-refractivity contribution in [2.24, 2.45) is 17.8 Å². The Morgan fingerprint density at radius 2 is 1.44 bits per heavy atom. The molecule has 2 heterocycles. The number of amides is 4. The van der Waals surface area contributed by atoms with Crippen LogP contribution in [-0.4, -0.2) is 55.0 Å². The van der Waals surface area contributed by atoms with Crippen LogP contribution >= 0.6 is 23.2 Å². The third-order valence-electron chi connectivity index (χ3n) is 10.4. The summed E-state index contributed by atoms with van der Waals surface area (Å²) in [5.74, 6) is -21.1. The number of carbonyl (C=O) groups excluding carboxylic acids is 4. The molecule has 4 aliphatic rings. The minimum atomic E-state index is -2.64. The van der Waals surface area contributed by atoms with Crippen LogP contribution in [0.25, 0.3) is 0 Å². The Balaban J connectivity index is 1.36. The zero-order chi connectivity index (χ0) is 36.2. The molecule has 3 aromatic carbocycles. The fraction of sp³-hybridized carbons (Fsp3) is 0.314. The van der Waals surface area contributed by atoms with E-state index in [-0.39, 0.29) is 41.3 Å². The molecule has 260 valence electrons. The first-order chi connectivity index (χ1) is 23.5. The van der Waals surface area contributed by atoms with Gasteiger partial charge in [0.05, 0.1) is 11.8 Å². The summed E-state index contributed by atoms with van der Waals surface area (Å²) in [5, 5.41) is 19.9. The minimum Gasteiger partial charge on any atom is -0.508 e. The monoisotopic (exact) mass is 734 g/mol. The Hall–Kier alpha value is -4.49. The average molecular weight is 735 g/mol. The number of aryl methyl sites for hydroxylation is 1. The van der Waals surface area contributed by atoms with Gasteiger partial charge in [-0.1, -0.05) is 35.9 Å². The second-order valence-corrected chi connectivity index (χ2v) is 14.2. The number of nitrogens with zero attached hydrogens (tertiary/aromatic N) is 2. The molecule has 8 nitrogen and oxygen atoms in total. The van der Waals surface area contributed by atoms with Crippen LogP contribution in [0.2, 0.25) is 0 Å². The van der Waals surface area contributed by atoms with Gasteiger partial charge in [-0.2, -0.15) is 0 Å². The van der Waals surface area contributed by atoms with E-state index < -0.39 is 98.2 Å². The van der Waals surface area contributed by atoms with Crippen LogP contribution in [0.3, 0.4) is 0 Å². The second kappa shape index (κ2) is 11.5. The number of halogens is 7. The summed E-state index contributed by atoms with van der Waals surface area (Å²) in [6.45, 7) is 1.50. The summed E-state index contributed by atoms with van der Waals surface area (Å²) < 4.78 is 73.1. The summed E-state index contributed by atoms with van der Waals surface area (Å²) >= 11 is 14.2. The maximum Gasteiger partial charge on any atom is 0.258 e. The Labute approximate surface area is 290 Å². The predicted octanol–water partition coefficient (Wildman–Crippen LogP) is 5.91. The van der Waals surface area contributed by atoms with Gasteiger partial charge in [-0.3, -0.25) is 24.1 Å². The smallest absolute Gasteiger partial charge is 0.258 e. The molecule has 15 heteroatoms. The highest BCUT2D eigenvalue weighted by molar-refractivity contribution is 6.58. The molecule has 0 bridgehead atoms. The summed E-state index contributed by atoms with van der Waals surface area (Å²) in [7, 11) is 0. The van der Waals surface area contributed by atoms with E-state index in [1.807, 2.05) is 0 Å². The number of hydrogen-bond acceptors (Lipinski definition) is 6. The van der Waals surface area contributed by atoms with E-state index in [1.54, 1.807) is 18.2 Å². The first-order valence-electron chi connectivity index (χ1n) is 15.4. The highest BCUT2D eigenvalue weighted by Crippen LogP contribution is 2.66. The van der Waals surface area contributed by atoms with Gasteiger partial charge in [0.25, 0.3) is 11.8 Å². The molecule has 3 fully saturated rings. The summed E-state index contributed by atoms with van der Waals surface area (Å²) in [5.41, 5.74) is -0.331. The van der Waals surface area contributed by atoms with Crippen LogP contribution in [-0.2, 0) is 25.6 Å². The lowest BCUT2D eigenvalue weighted by atomic mass is 9.56. The molecule has 0 radical (unpaired) electrons. The standard InChI is InChI=1S/C35H25Cl2F5N2O6/c1-14-12-16(4-9-21(14)46)23-18-7-8-19-22(31(48)43(30(19)47)11-10-15-2-5-17(45)6-3-15)20(18)13-34(36)32(49)44(33(50)35(23,34)37)29-27(41)25(39)24(38)26(40)28(29)42/h2-7,9,12,19-20,22-23,45-46H,8,10-11,13H2,1H3. The van der Waals surface area contributed by atoms with E-state index in [0.717, 1.165) is 10.5 Å². The number of carbonyl (C=O) groups is 4. The van der Waals surface area contributed by atoms with Gasteiger partial charge in [0.15, 0.2) is 33.0 Å². The van der Waals surface area contributed by atoms with Crippen molar-refractivity contribution in [2.75, 3.05) is 11.4 Å². The molecule has 2 aliphatic carbocycles. The largest absolute Gasteiger partial charge is 0.508 e. The van der Waals surface area contributed by atoms with Gasteiger partial charge in [-0.05, 0) is 67.0 Å². The number of allylic oxidation sites excluding steroid dienone is 2. The van der Waals surface area contributed by atoms with Crippen molar-refractivity contribution >= 4 is 52.5 Å². The fourth-order valence-corrected chi connectivity index (χ4v) is 8.92. The molecule has 1 saturated carbocycles. The number of likely N-dealkylation sites (tertiary alicyclic amines) is 1. The number of rotatable bonds is 5. The molecule has 50 heavy (non-hydrogen) atoms. The Morgan fingerprint density at radius 1 is 0.820 bits per heavy atom. The van der Waals surface area contributed by atoms with Crippen LogP contribution in [0.5, 0.6) is 11.5 Å². The third kappa shape index (κ3) is 4.48. The summed E-state index contributed by atoms with van der Waals surface area (Å²) in [6, 6.07) is 10.3. The number of anilines is 1. The fourth-order valence-electron chi connectivity index (χ4n) is 7.99. The zero-order valence-electron chi connectivity index (χ0n) is 25.8. The third-order valence-corrected chi connectivity index (χ3v) is 11.8. The molecule has 6 atom stereocenters. The quantitative estimate of drug-likeness (QED) is 0.0842. The molecule has 4 amide bonds. The van der Waals surface area contributed by atoms with Crippen LogP contribution in [0.15, 0.2) is 54.1 Å². The SMILES string of the molecule is Cc1cc(C2C3=CCC4C(=O)N(CCc5ccc(O)cc5)C(=O)C4C3CC3(Cl)C(=O)N(c4c(F)c(F)c(F)c(F)c4F)C(=O)C23Cl)ccc1O. The highest BCUT2D eigenvalue weighted by Gasteiger charge is 2.77. The van der Waals surface area contributed by atoms with Gasteiger partial charge in [0, 0.05) is 12.5 Å². The van der Waals surface area contributed by atoms with E-state index in [9.17, 15) is 42.6 Å². The van der Waals surface area contributed by atoms with Gasteiger partial charge in [0.2, 0.25) is 17.6 Å². The van der Waals surface area contributed by atoms with E-state index >= 15 is 8.78 Å². The maximum absolute atomic E-state index is 15.2. The first kappa shape index (κ1) is 34.0. The highest BCUT2D eigenvalue weighted by atomic mass is 35.5. The molecule has 0 aromatic heterocycles. The van der Waals surface area contributed by atoms with Crippen molar-refractivity contribution in [1.82, 2.24) is 4.90 Å². The lowest BCUT2D eigenvalue weighted by Crippen LogP contribution is -2.60. The molecule has 6 unspecified atom stereocenters. The summed E-state index contributed by atoms with van der Waals surface area (Å²) in [6.07, 6.45) is 1.26. The van der Waals surface area contributed by atoms with Crippen molar-refractivity contribution in [1.29, 1.82) is 0 Å². The first-order valence-corrected chi connectivity index (χ1v) is 16.2. The lowest BCUT2D eigenvalue weighted by Gasteiger charge is -2.50. The van der Waals surface area contributed by atoms with Crippen LogP contribution in [0.1, 0.15) is 35.4 Å². The number of phenols is 2. The van der Waals surface area contributed by atoms with Crippen molar-refractivity contribution in [3.8, 4) is 11.5 Å². The van der Waals surface area contributed by atoms with E-state index in [1.165, 1.54) is 37.3 Å². The van der Waals surface area contributed by atoms with E-state index in [2.05, 4.69) is 0 Å². The molecule has 2 aliphatic heterocycles. The Kier molecular flexibility index (Phi) is 7.83. The van der Waals surface area contributed by atoms with Crippen LogP contribution in [0.4, 0.5) is 27.6 Å². The second-order valence-electron chi connectivity index (χ2n) is 13.0. The zero-order valence-corrected chi connectivity index (χ0v) is 27.3. The molecular weight excluding hydrogens is 710 g/mol. The molecule has 7 rings (SSSR count). The number of hydrogen-bond donors (Lipinski definition) is 2. The van der Waals surface area contributed by atoms with Crippen LogP contribution < -0.4 is 4.90 Å². The molecule has 2 N–H and O–H groups in total. The predicted molar refractivity (Wildman–Crippen MR) is 168 cm³/mol. The van der Waals surface area contributed by atoms with Crippen molar-refractivity contribution in [3.05, 3.63) is 99.9 Å². The summed E-state index contributed by atoms with van der Waals surface area (Å²) in [4.78, 5) is 51.9. The normalized spacial score (nSPS) is 28.9. The molecule has 2 saturated heterocycles. The average Bonchev–Trinajstić information content (AvgIpc) is 3.41. The van der Waals surface area contributed by atoms with Crippen molar-refractivity contribution in [3.63, 3.8) is 0 Å². The molecule has 0 spiro atoms. The van der Waals surface area contributed by atoms with Gasteiger partial charge in [-0.15, -0.1) is 23.2 Å². The van der Waals surface area contributed by atoms with Crippen molar-refractivity contribution in [2.45, 2.75) is 41.9 Å². The topological polar surface area (TPSA) is 115 Å². The lowest BCUT2D eigenvalue weighted by molar-refractivity contribution is -0.140. The number of fused-ring (bicyclic) bond motifs is 4. The van der Waals surface area contributed by atoms with Gasteiger partial charge in [0.1, 0.15) is 17.2 Å². The van der Waals surface area contributed by atoms with Gasteiger partial charge >= 0.3 is 0 Å². The number of benzene rings is 3. The molecular formula is C35H25Cl2F5N2O6. The number of aromatic hydroxyl groups is 2. The Morgan fingerprint density at radius 3 is 2.06 bits per heavy atom. The minimum absolute atomic E-state index is 0.0100. The van der Waals surface area contributed by atoms with Crippen molar-refractivity contribution < 1.29 is 51.3 Å². The number of phenolic OH excluding ortho intramolecular Hbond substituents is 2. The van der Waals surface area contributed by atoms with Gasteiger partial charge < -0.3 is 10.2 Å². The van der Waals surface area contributed by atoms with E-state index in [0.29, 0.717) is 11.1 Å². The van der Waals surface area contributed by atoms with Gasteiger partial charge in [-0.25, -0.2) is 26.9 Å². The maximum atomic E-state index is 15.2. The van der Waals surface area contributed by atoms with Crippen LogP contribution in [0, 0.1) is 53.8 Å². The Bertz CT molecular complexity index is 2050. The van der Waals surface area contributed by atoms with E-state index in [4.69, 9.17) is 23.2 Å². The number of imide groups is 2. The number of alkyl halides is 2. The molecule has 3 aromatic rings.